The van der Waals surface area contributed by atoms with Crippen LogP contribution in [0.5, 0.6) is 23.0 Å². The van der Waals surface area contributed by atoms with E-state index in [4.69, 9.17) is 4.74 Å². The Hall–Kier alpha value is -4.73. The van der Waals surface area contributed by atoms with Crippen molar-refractivity contribution in [2.75, 3.05) is 7.11 Å². The molecule has 5 rings (SSSR count). The van der Waals surface area contributed by atoms with Crippen LogP contribution in [0.2, 0.25) is 0 Å². The van der Waals surface area contributed by atoms with Crippen LogP contribution in [0.15, 0.2) is 127 Å². The number of hydrogen-bond acceptors (Lipinski definition) is 13. The molecule has 45 heavy (non-hydrogen) atoms. The van der Waals surface area contributed by atoms with E-state index < -0.39 is 20.8 Å². The zero-order valence-electron chi connectivity index (χ0n) is 23.9. The van der Waals surface area contributed by atoms with Crippen LogP contribution in [-0.4, -0.2) is 35.4 Å². The van der Waals surface area contributed by atoms with Crippen molar-refractivity contribution >= 4 is 49.3 Å². The van der Waals surface area contributed by atoms with Crippen LogP contribution in [0, 0.1) is 0 Å². The van der Waals surface area contributed by atoms with E-state index in [0.29, 0.717) is 22.8 Å². The number of benzene rings is 5. The van der Waals surface area contributed by atoms with Gasteiger partial charge in [0, 0.05) is 16.8 Å². The zero-order valence-corrected chi connectivity index (χ0v) is 26.8. The van der Waals surface area contributed by atoms with E-state index in [2.05, 4.69) is 30.7 Å². The number of fused-ring (bicyclic) bond motifs is 1. The predicted octanol–water partition coefficient (Wildman–Crippen LogP) is 4.99. The number of methoxy groups -OCH3 is 1. The van der Waals surface area contributed by atoms with Gasteiger partial charge in [-0.2, -0.15) is 20.5 Å². The minimum Gasteiger partial charge on any atom is -0.744 e. The first-order valence-electron chi connectivity index (χ1n) is 12.8. The van der Waals surface area contributed by atoms with Crippen LogP contribution in [0.25, 0.3) is 10.8 Å². The van der Waals surface area contributed by atoms with E-state index >= 15 is 0 Å². The predicted molar refractivity (Wildman–Crippen MR) is 159 cm³/mol. The van der Waals surface area contributed by atoms with Gasteiger partial charge in [-0.1, -0.05) is 6.07 Å². The topological polar surface area (TPSA) is 201 Å². The average Bonchev–Trinajstić information content (AvgIpc) is 3.01. The van der Waals surface area contributed by atoms with Gasteiger partial charge >= 0.3 is 29.6 Å². The Kier molecular flexibility index (Phi) is 10.6. The van der Waals surface area contributed by atoms with Crippen molar-refractivity contribution < 1.29 is 62.6 Å². The third kappa shape index (κ3) is 8.26. The summed E-state index contributed by atoms with van der Waals surface area (Å²) in [6.07, 6.45) is 0. The molecule has 0 atom stereocenters. The molecule has 0 fully saturated rings. The largest absolute Gasteiger partial charge is 1.00 e. The average molecular weight is 635 g/mol. The van der Waals surface area contributed by atoms with Gasteiger partial charge in [-0.05, 0) is 84.4 Å². The molecule has 13 nitrogen and oxygen atoms in total. The first kappa shape index (κ1) is 33.2. The number of ether oxygens (including phenoxy) is 1. The smallest absolute Gasteiger partial charge is 0.744 e. The maximum absolute atomic E-state index is 11.9. The minimum absolute atomic E-state index is 0. The van der Waals surface area contributed by atoms with E-state index in [1.807, 2.05) is 0 Å². The molecular weight excluding hydrogens is 611 g/mol. The summed E-state index contributed by atoms with van der Waals surface area (Å²) in [5, 5.41) is 54.4. The summed E-state index contributed by atoms with van der Waals surface area (Å²) in [5.74, 6) is -0.228. The quantitative estimate of drug-likeness (QED) is 0.115. The van der Waals surface area contributed by atoms with Gasteiger partial charge < -0.3 is 24.6 Å². The van der Waals surface area contributed by atoms with Gasteiger partial charge in [-0.15, -0.1) is 10.2 Å². The van der Waals surface area contributed by atoms with E-state index in [1.54, 1.807) is 54.6 Å². The molecule has 0 aromatic heterocycles. The van der Waals surface area contributed by atoms with Crippen molar-refractivity contribution in [3.63, 3.8) is 0 Å². The molecule has 0 amide bonds. The molecule has 0 bridgehead atoms. The first-order valence-corrected chi connectivity index (χ1v) is 14.2. The maximum Gasteiger partial charge on any atom is 1.00 e. The SMILES string of the molecule is COc1cc(CN=Nc2ccc(N=Nc3ccc(O)cc3)cc2)ccc1N=Nc1c(S(=O)(=O)[O-])cc(O)c2cc(O)ccc12.[Na+]. The van der Waals surface area contributed by atoms with Gasteiger partial charge in [-0.25, -0.2) is 8.42 Å². The van der Waals surface area contributed by atoms with Gasteiger partial charge in [-0.3, -0.25) is 0 Å². The molecule has 0 aliphatic carbocycles. The molecule has 5 aromatic rings. The number of hydrogen-bond donors (Lipinski definition) is 3. The summed E-state index contributed by atoms with van der Waals surface area (Å²) in [5.41, 5.74) is 2.50. The molecule has 0 saturated heterocycles. The van der Waals surface area contributed by atoms with Gasteiger partial charge in [0.15, 0.2) is 0 Å². The van der Waals surface area contributed by atoms with Gasteiger partial charge in [0.25, 0.3) is 0 Å². The molecule has 15 heteroatoms. The van der Waals surface area contributed by atoms with Crippen molar-refractivity contribution in [1.82, 2.24) is 0 Å². The van der Waals surface area contributed by atoms with Gasteiger partial charge in [0.05, 0.1) is 35.6 Å². The molecule has 0 radical (unpaired) electrons. The van der Waals surface area contributed by atoms with Crippen LogP contribution in [0.3, 0.4) is 0 Å². The second-order valence-corrected chi connectivity index (χ2v) is 10.6. The fourth-order valence-corrected chi connectivity index (χ4v) is 4.72. The van der Waals surface area contributed by atoms with Crippen LogP contribution in [0.4, 0.5) is 28.4 Å². The molecule has 0 heterocycles. The normalized spacial score (nSPS) is 11.9. The summed E-state index contributed by atoms with van der Waals surface area (Å²) in [6, 6.07) is 22.9. The fourth-order valence-electron chi connectivity index (χ4n) is 4.07. The van der Waals surface area contributed by atoms with E-state index in [0.717, 1.165) is 11.6 Å². The van der Waals surface area contributed by atoms with Gasteiger partial charge in [0.2, 0.25) is 0 Å². The monoisotopic (exact) mass is 634 g/mol. The van der Waals surface area contributed by atoms with Crippen molar-refractivity contribution in [3.8, 4) is 23.0 Å². The van der Waals surface area contributed by atoms with E-state index in [1.165, 1.54) is 37.4 Å². The third-order valence-electron chi connectivity index (χ3n) is 6.23. The molecule has 0 saturated carbocycles. The number of nitrogens with zero attached hydrogens (tertiary/aromatic N) is 6. The Bertz CT molecular complexity index is 2040. The third-order valence-corrected chi connectivity index (χ3v) is 7.08. The Morgan fingerprint density at radius 1 is 0.689 bits per heavy atom. The number of aromatic hydroxyl groups is 3. The van der Waals surface area contributed by atoms with Crippen molar-refractivity contribution in [3.05, 3.63) is 96.6 Å². The van der Waals surface area contributed by atoms with Crippen LogP contribution < -0.4 is 34.3 Å². The molecule has 0 unspecified atom stereocenters. The standard InChI is InChI=1S/C30H24N6O7S.Na/c1-43-28-14-18(17-31-32-19-3-5-20(6-4-19)33-34-21-7-9-22(37)10-8-21)2-13-26(28)35-36-30-24-12-11-23(38)15-25(24)27(39)16-29(30)44(40,41)42;/h2-16,37-39H,17H2,1H3,(H,40,41,42);/q;+1/p-1. The Balaban J connectivity index is 0.00000461. The Morgan fingerprint density at radius 2 is 1.29 bits per heavy atom. The van der Waals surface area contributed by atoms with Crippen LogP contribution in [0.1, 0.15) is 5.56 Å². The van der Waals surface area contributed by atoms with Gasteiger partial charge in [0.1, 0.15) is 44.5 Å². The van der Waals surface area contributed by atoms with E-state index in [9.17, 15) is 28.3 Å². The second-order valence-electron chi connectivity index (χ2n) is 9.26. The molecule has 0 spiro atoms. The second kappa shape index (κ2) is 14.4. The number of phenols is 3. The Morgan fingerprint density at radius 3 is 1.91 bits per heavy atom. The summed E-state index contributed by atoms with van der Waals surface area (Å²) in [7, 11) is -3.61. The van der Waals surface area contributed by atoms with Crippen molar-refractivity contribution in [2.45, 2.75) is 11.4 Å². The van der Waals surface area contributed by atoms with E-state index in [-0.39, 0.29) is 69.7 Å². The van der Waals surface area contributed by atoms with Crippen LogP contribution in [-0.2, 0) is 16.7 Å². The molecule has 0 aliphatic heterocycles. The maximum atomic E-state index is 11.9. The van der Waals surface area contributed by atoms with Crippen molar-refractivity contribution in [1.29, 1.82) is 0 Å². The minimum atomic E-state index is -5.03. The number of rotatable bonds is 9. The van der Waals surface area contributed by atoms with Crippen molar-refractivity contribution in [2.24, 2.45) is 30.7 Å². The summed E-state index contributed by atoms with van der Waals surface area (Å²) in [4.78, 5) is -0.763. The number of phenolic OH excluding ortho intramolecular Hbond substituents is 3. The Labute approximate surface area is 279 Å². The molecular formula is C30H23N6NaO7S. The zero-order chi connectivity index (χ0) is 31.3. The summed E-state index contributed by atoms with van der Waals surface area (Å²) >= 11 is 0. The first-order chi connectivity index (χ1) is 21.1. The molecule has 222 valence electrons. The van der Waals surface area contributed by atoms with Crippen LogP contribution >= 0.6 is 0 Å². The molecule has 0 aliphatic rings. The summed E-state index contributed by atoms with van der Waals surface area (Å²) in [6.45, 7) is 0.209. The molecule has 5 aromatic carbocycles. The summed E-state index contributed by atoms with van der Waals surface area (Å²) < 4.78 is 41.2. The fraction of sp³-hybridized carbons (Fsp3) is 0.0667. The molecule has 3 N–H and O–H groups in total. The number of azo groups is 3.